The third-order valence-corrected chi connectivity index (χ3v) is 2.81. The highest BCUT2D eigenvalue weighted by molar-refractivity contribution is 5.59. The summed E-state index contributed by atoms with van der Waals surface area (Å²) in [7, 11) is 0. The molecule has 0 saturated carbocycles. The van der Waals surface area contributed by atoms with Gasteiger partial charge in [0.1, 0.15) is 0 Å². The predicted molar refractivity (Wildman–Crippen MR) is 68.7 cm³/mol. The van der Waals surface area contributed by atoms with Gasteiger partial charge in [-0.05, 0) is 45.2 Å². The van der Waals surface area contributed by atoms with Crippen molar-refractivity contribution in [2.24, 2.45) is 0 Å². The molecule has 1 nitrogen and oxygen atoms in total. The van der Waals surface area contributed by atoms with Gasteiger partial charge in [-0.1, -0.05) is 25.1 Å². The van der Waals surface area contributed by atoms with Crippen LogP contribution in [0, 0.1) is 13.8 Å². The van der Waals surface area contributed by atoms with Crippen LogP contribution in [0.4, 0.5) is 5.69 Å². The SMILES string of the molecule is CCCN(c1c(C)cccc1C)C(C)C. The largest absolute Gasteiger partial charge is 0.369 e. The number of rotatable bonds is 4. The lowest BCUT2D eigenvalue weighted by Gasteiger charge is -2.31. The van der Waals surface area contributed by atoms with Crippen molar-refractivity contribution in [3.8, 4) is 0 Å². The number of hydrogen-bond acceptors (Lipinski definition) is 1. The molecule has 0 aliphatic heterocycles. The summed E-state index contributed by atoms with van der Waals surface area (Å²) in [5, 5.41) is 0. The molecular formula is C14H23N. The van der Waals surface area contributed by atoms with Crippen LogP contribution in [0.25, 0.3) is 0 Å². The normalized spacial score (nSPS) is 10.8. The van der Waals surface area contributed by atoms with Gasteiger partial charge in [0.2, 0.25) is 0 Å². The average Bonchev–Trinajstić information content (AvgIpc) is 2.15. The quantitative estimate of drug-likeness (QED) is 0.720. The number of benzene rings is 1. The molecule has 0 spiro atoms. The zero-order valence-electron chi connectivity index (χ0n) is 10.7. The van der Waals surface area contributed by atoms with E-state index in [1.54, 1.807) is 0 Å². The summed E-state index contributed by atoms with van der Waals surface area (Å²) in [6.07, 6.45) is 1.20. The van der Waals surface area contributed by atoms with E-state index in [-0.39, 0.29) is 0 Å². The van der Waals surface area contributed by atoms with E-state index in [2.05, 4.69) is 57.7 Å². The standard InChI is InChI=1S/C14H23N/c1-6-10-15(11(2)3)14-12(4)8-7-9-13(14)5/h7-9,11H,6,10H2,1-5H3. The zero-order chi connectivity index (χ0) is 11.4. The van der Waals surface area contributed by atoms with E-state index in [1.807, 2.05) is 0 Å². The topological polar surface area (TPSA) is 3.24 Å². The maximum absolute atomic E-state index is 2.50. The molecule has 1 aromatic carbocycles. The van der Waals surface area contributed by atoms with E-state index >= 15 is 0 Å². The molecule has 0 fully saturated rings. The maximum atomic E-state index is 2.50. The smallest absolute Gasteiger partial charge is 0.0427 e. The second-order valence-electron chi connectivity index (χ2n) is 4.53. The summed E-state index contributed by atoms with van der Waals surface area (Å²) in [5.74, 6) is 0. The Balaban J connectivity index is 3.10. The monoisotopic (exact) mass is 205 g/mol. The van der Waals surface area contributed by atoms with Crippen LogP contribution < -0.4 is 4.90 Å². The molecule has 0 aromatic heterocycles. The van der Waals surface area contributed by atoms with Crippen LogP contribution in [-0.4, -0.2) is 12.6 Å². The highest BCUT2D eigenvalue weighted by atomic mass is 15.2. The highest BCUT2D eigenvalue weighted by Gasteiger charge is 2.13. The van der Waals surface area contributed by atoms with Crippen molar-refractivity contribution in [2.75, 3.05) is 11.4 Å². The molecule has 0 radical (unpaired) electrons. The lowest BCUT2D eigenvalue weighted by molar-refractivity contribution is 0.667. The van der Waals surface area contributed by atoms with E-state index in [0.29, 0.717) is 6.04 Å². The van der Waals surface area contributed by atoms with Gasteiger partial charge in [0.25, 0.3) is 0 Å². The van der Waals surface area contributed by atoms with Gasteiger partial charge in [-0.25, -0.2) is 0 Å². The number of aryl methyl sites for hydroxylation is 2. The van der Waals surface area contributed by atoms with Crippen molar-refractivity contribution < 1.29 is 0 Å². The number of para-hydroxylation sites is 1. The first-order valence-corrected chi connectivity index (χ1v) is 5.90. The third-order valence-electron chi connectivity index (χ3n) is 2.81. The molecule has 84 valence electrons. The molecule has 0 bridgehead atoms. The minimum atomic E-state index is 0.574. The van der Waals surface area contributed by atoms with Gasteiger partial charge in [0.15, 0.2) is 0 Å². The van der Waals surface area contributed by atoms with Crippen LogP contribution in [0.5, 0.6) is 0 Å². The highest BCUT2D eigenvalue weighted by Crippen LogP contribution is 2.26. The summed E-state index contributed by atoms with van der Waals surface area (Å²) in [4.78, 5) is 2.50. The predicted octanol–water partition coefficient (Wildman–Crippen LogP) is 3.93. The molecule has 0 amide bonds. The van der Waals surface area contributed by atoms with Crippen molar-refractivity contribution >= 4 is 5.69 Å². The van der Waals surface area contributed by atoms with E-state index in [9.17, 15) is 0 Å². The van der Waals surface area contributed by atoms with E-state index in [1.165, 1.54) is 23.2 Å². The Hall–Kier alpha value is -0.980. The minimum Gasteiger partial charge on any atom is -0.369 e. The fraction of sp³-hybridized carbons (Fsp3) is 0.571. The maximum Gasteiger partial charge on any atom is 0.0427 e. The van der Waals surface area contributed by atoms with E-state index < -0.39 is 0 Å². The van der Waals surface area contributed by atoms with Crippen molar-refractivity contribution in [3.63, 3.8) is 0 Å². The molecule has 0 N–H and O–H groups in total. The van der Waals surface area contributed by atoms with Gasteiger partial charge in [0, 0.05) is 18.3 Å². The summed E-state index contributed by atoms with van der Waals surface area (Å²) in [5.41, 5.74) is 4.20. The third kappa shape index (κ3) is 2.74. The summed E-state index contributed by atoms with van der Waals surface area (Å²) >= 11 is 0. The van der Waals surface area contributed by atoms with Crippen molar-refractivity contribution in [2.45, 2.75) is 47.1 Å². The molecule has 0 aliphatic rings. The Morgan fingerprint density at radius 1 is 1.13 bits per heavy atom. The zero-order valence-corrected chi connectivity index (χ0v) is 10.7. The minimum absolute atomic E-state index is 0.574. The van der Waals surface area contributed by atoms with Gasteiger partial charge in [0.05, 0.1) is 0 Å². The summed E-state index contributed by atoms with van der Waals surface area (Å²) in [6.45, 7) is 12.3. The molecule has 0 unspecified atom stereocenters. The first-order valence-electron chi connectivity index (χ1n) is 5.90. The van der Waals surface area contributed by atoms with Gasteiger partial charge in [-0.15, -0.1) is 0 Å². The van der Waals surface area contributed by atoms with Crippen LogP contribution in [0.1, 0.15) is 38.3 Å². The van der Waals surface area contributed by atoms with Crippen LogP contribution in [0.15, 0.2) is 18.2 Å². The lowest BCUT2D eigenvalue weighted by Crippen LogP contribution is -2.32. The van der Waals surface area contributed by atoms with Gasteiger partial charge in [-0.3, -0.25) is 0 Å². The van der Waals surface area contributed by atoms with E-state index in [4.69, 9.17) is 0 Å². The number of hydrogen-bond donors (Lipinski definition) is 0. The van der Waals surface area contributed by atoms with Crippen LogP contribution in [0.2, 0.25) is 0 Å². The molecule has 0 heterocycles. The first kappa shape index (κ1) is 12.1. The average molecular weight is 205 g/mol. The van der Waals surface area contributed by atoms with Gasteiger partial charge in [-0.2, -0.15) is 0 Å². The summed E-state index contributed by atoms with van der Waals surface area (Å²) in [6, 6.07) is 7.11. The van der Waals surface area contributed by atoms with Crippen LogP contribution in [0.3, 0.4) is 0 Å². The van der Waals surface area contributed by atoms with Crippen LogP contribution in [-0.2, 0) is 0 Å². The fourth-order valence-corrected chi connectivity index (χ4v) is 2.13. The molecule has 1 heteroatoms. The molecule has 1 rings (SSSR count). The van der Waals surface area contributed by atoms with Crippen LogP contribution >= 0.6 is 0 Å². The molecule has 0 saturated heterocycles. The fourth-order valence-electron chi connectivity index (χ4n) is 2.13. The number of anilines is 1. The molecule has 0 aliphatic carbocycles. The molecule has 1 aromatic rings. The Bertz CT molecular complexity index is 295. The van der Waals surface area contributed by atoms with Gasteiger partial charge < -0.3 is 4.90 Å². The van der Waals surface area contributed by atoms with Gasteiger partial charge >= 0.3 is 0 Å². The Morgan fingerprint density at radius 3 is 2.07 bits per heavy atom. The second-order valence-corrected chi connectivity index (χ2v) is 4.53. The first-order chi connectivity index (χ1) is 7.07. The van der Waals surface area contributed by atoms with Crippen molar-refractivity contribution in [1.29, 1.82) is 0 Å². The molecule has 15 heavy (non-hydrogen) atoms. The summed E-state index contributed by atoms with van der Waals surface area (Å²) < 4.78 is 0. The number of nitrogens with zero attached hydrogens (tertiary/aromatic N) is 1. The van der Waals surface area contributed by atoms with Crippen molar-refractivity contribution in [3.05, 3.63) is 29.3 Å². The Morgan fingerprint density at radius 2 is 1.67 bits per heavy atom. The molecular weight excluding hydrogens is 182 g/mol. The lowest BCUT2D eigenvalue weighted by atomic mass is 10.1. The Kier molecular flexibility index (Phi) is 4.19. The van der Waals surface area contributed by atoms with E-state index in [0.717, 1.165) is 6.54 Å². The second kappa shape index (κ2) is 5.20. The van der Waals surface area contributed by atoms with Crippen molar-refractivity contribution in [1.82, 2.24) is 0 Å². The Labute approximate surface area is 94.1 Å². The molecule has 0 atom stereocenters.